The van der Waals surface area contributed by atoms with E-state index in [9.17, 15) is 8.42 Å². The van der Waals surface area contributed by atoms with E-state index in [0.29, 0.717) is 18.7 Å². The average Bonchev–Trinajstić information content (AvgIpc) is 2.78. The first-order valence-corrected chi connectivity index (χ1v) is 7.70. The average molecular weight is 294 g/mol. The number of benzene rings is 1. The third kappa shape index (κ3) is 3.17. The van der Waals surface area contributed by atoms with Gasteiger partial charge in [-0.05, 0) is 24.6 Å². The Bertz CT molecular complexity index is 707. The molecule has 20 heavy (non-hydrogen) atoms. The van der Waals surface area contributed by atoms with Gasteiger partial charge in [0.15, 0.2) is 0 Å². The van der Waals surface area contributed by atoms with Gasteiger partial charge in [-0.15, -0.1) is 0 Å². The van der Waals surface area contributed by atoms with Crippen molar-refractivity contribution in [3.05, 3.63) is 42.0 Å². The topological polar surface area (TPSA) is 90.0 Å². The minimum Gasteiger partial charge on any atom is -0.398 e. The van der Waals surface area contributed by atoms with Gasteiger partial charge in [0, 0.05) is 38.1 Å². The van der Waals surface area contributed by atoms with E-state index in [4.69, 9.17) is 5.73 Å². The molecule has 0 saturated carbocycles. The van der Waals surface area contributed by atoms with Gasteiger partial charge in [0.25, 0.3) is 0 Å². The predicted octanol–water partition coefficient (Wildman–Crippen LogP) is 0.832. The van der Waals surface area contributed by atoms with Crippen LogP contribution in [0.4, 0.5) is 5.69 Å². The second-order valence-corrected chi connectivity index (χ2v) is 6.39. The molecule has 0 aliphatic rings. The standard InChI is InChI=1S/C13H18N4O2S/c1-10-3-4-11(9-12(10)14)20(18,19)16-6-5-13-15-7-8-17(13)2/h3-4,7-9,16H,5-6,14H2,1-2H3. The van der Waals surface area contributed by atoms with Gasteiger partial charge < -0.3 is 10.3 Å². The molecule has 0 aliphatic carbocycles. The quantitative estimate of drug-likeness (QED) is 0.799. The number of sulfonamides is 1. The van der Waals surface area contributed by atoms with Crippen LogP contribution in [0.2, 0.25) is 0 Å². The summed E-state index contributed by atoms with van der Waals surface area (Å²) in [6, 6.07) is 4.72. The third-order valence-corrected chi connectivity index (χ3v) is 4.58. The second-order valence-electron chi connectivity index (χ2n) is 4.62. The Morgan fingerprint density at radius 2 is 2.15 bits per heavy atom. The molecule has 3 N–H and O–H groups in total. The van der Waals surface area contributed by atoms with Gasteiger partial charge in [-0.3, -0.25) is 0 Å². The fourth-order valence-electron chi connectivity index (χ4n) is 1.80. The number of nitrogens with two attached hydrogens (primary N) is 1. The van der Waals surface area contributed by atoms with Crippen molar-refractivity contribution in [2.24, 2.45) is 7.05 Å². The number of nitrogens with zero attached hydrogens (tertiary/aromatic N) is 2. The zero-order chi connectivity index (χ0) is 14.8. The summed E-state index contributed by atoms with van der Waals surface area (Å²) in [6.07, 6.45) is 4.04. The smallest absolute Gasteiger partial charge is 0.240 e. The lowest BCUT2D eigenvalue weighted by molar-refractivity contribution is 0.580. The molecule has 0 spiro atoms. The van der Waals surface area contributed by atoms with Crippen molar-refractivity contribution in [1.29, 1.82) is 0 Å². The predicted molar refractivity (Wildman–Crippen MR) is 77.7 cm³/mol. The van der Waals surface area contributed by atoms with Crippen molar-refractivity contribution >= 4 is 15.7 Å². The van der Waals surface area contributed by atoms with Crippen molar-refractivity contribution in [3.63, 3.8) is 0 Å². The minimum atomic E-state index is -3.53. The van der Waals surface area contributed by atoms with Crippen LogP contribution in [-0.4, -0.2) is 24.5 Å². The van der Waals surface area contributed by atoms with Gasteiger partial charge in [0.1, 0.15) is 5.82 Å². The Kier molecular flexibility index (Phi) is 4.10. The van der Waals surface area contributed by atoms with Gasteiger partial charge in [-0.25, -0.2) is 18.1 Å². The van der Waals surface area contributed by atoms with E-state index in [2.05, 4.69) is 9.71 Å². The zero-order valence-corrected chi connectivity index (χ0v) is 12.3. The molecule has 0 radical (unpaired) electrons. The lowest BCUT2D eigenvalue weighted by Crippen LogP contribution is -2.26. The number of hydrogen-bond acceptors (Lipinski definition) is 4. The van der Waals surface area contributed by atoms with Crippen LogP contribution in [0.15, 0.2) is 35.5 Å². The van der Waals surface area contributed by atoms with Gasteiger partial charge >= 0.3 is 0 Å². The molecule has 1 aromatic carbocycles. The molecule has 0 unspecified atom stereocenters. The summed E-state index contributed by atoms with van der Waals surface area (Å²) in [6.45, 7) is 2.13. The summed E-state index contributed by atoms with van der Waals surface area (Å²) in [5.41, 5.74) is 7.07. The van der Waals surface area contributed by atoms with Crippen LogP contribution in [0.1, 0.15) is 11.4 Å². The van der Waals surface area contributed by atoms with E-state index in [1.807, 2.05) is 24.7 Å². The first-order chi connectivity index (χ1) is 9.40. The highest BCUT2D eigenvalue weighted by atomic mass is 32.2. The number of nitrogens with one attached hydrogen (secondary N) is 1. The normalized spacial score (nSPS) is 11.7. The fourth-order valence-corrected chi connectivity index (χ4v) is 2.87. The Morgan fingerprint density at radius 3 is 2.75 bits per heavy atom. The molecule has 0 aliphatic heterocycles. The number of nitrogen functional groups attached to an aromatic ring is 1. The number of imidazole rings is 1. The summed E-state index contributed by atoms with van der Waals surface area (Å²) >= 11 is 0. The molecule has 1 aromatic heterocycles. The van der Waals surface area contributed by atoms with E-state index in [-0.39, 0.29) is 4.90 Å². The third-order valence-electron chi connectivity index (χ3n) is 3.12. The summed E-state index contributed by atoms with van der Waals surface area (Å²) in [7, 11) is -1.66. The van der Waals surface area contributed by atoms with Crippen LogP contribution in [0.3, 0.4) is 0 Å². The summed E-state index contributed by atoms with van der Waals surface area (Å²) in [4.78, 5) is 4.32. The molecule has 0 saturated heterocycles. The Morgan fingerprint density at radius 1 is 1.40 bits per heavy atom. The highest BCUT2D eigenvalue weighted by molar-refractivity contribution is 7.89. The highest BCUT2D eigenvalue weighted by Gasteiger charge is 2.14. The van der Waals surface area contributed by atoms with Crippen molar-refractivity contribution in [2.75, 3.05) is 12.3 Å². The van der Waals surface area contributed by atoms with Gasteiger partial charge in [0.2, 0.25) is 10.0 Å². The highest BCUT2D eigenvalue weighted by Crippen LogP contribution is 2.16. The van der Waals surface area contributed by atoms with Crippen LogP contribution in [0, 0.1) is 6.92 Å². The summed E-state index contributed by atoms with van der Waals surface area (Å²) < 4.78 is 28.6. The van der Waals surface area contributed by atoms with Crippen molar-refractivity contribution in [2.45, 2.75) is 18.2 Å². The van der Waals surface area contributed by atoms with Crippen LogP contribution < -0.4 is 10.5 Å². The van der Waals surface area contributed by atoms with Crippen molar-refractivity contribution in [3.8, 4) is 0 Å². The molecular formula is C13H18N4O2S. The number of aryl methyl sites for hydroxylation is 2. The van der Waals surface area contributed by atoms with Crippen LogP contribution in [-0.2, 0) is 23.5 Å². The maximum Gasteiger partial charge on any atom is 0.240 e. The zero-order valence-electron chi connectivity index (χ0n) is 11.5. The molecule has 0 amide bonds. The van der Waals surface area contributed by atoms with E-state index in [0.717, 1.165) is 11.4 Å². The summed E-state index contributed by atoms with van der Waals surface area (Å²) in [5.74, 6) is 0.830. The molecule has 7 heteroatoms. The first kappa shape index (κ1) is 14.5. The van der Waals surface area contributed by atoms with Gasteiger partial charge in [-0.2, -0.15) is 0 Å². The Labute approximate surface area is 118 Å². The van der Waals surface area contributed by atoms with Crippen molar-refractivity contribution in [1.82, 2.24) is 14.3 Å². The number of hydrogen-bond donors (Lipinski definition) is 2. The molecular weight excluding hydrogens is 276 g/mol. The molecule has 0 atom stereocenters. The fraction of sp³-hybridized carbons (Fsp3) is 0.308. The van der Waals surface area contributed by atoms with E-state index in [1.54, 1.807) is 18.3 Å². The Balaban J connectivity index is 2.04. The molecule has 1 heterocycles. The maximum absolute atomic E-state index is 12.1. The molecule has 108 valence electrons. The SMILES string of the molecule is Cc1ccc(S(=O)(=O)NCCc2nccn2C)cc1N. The summed E-state index contributed by atoms with van der Waals surface area (Å²) in [5, 5.41) is 0. The molecule has 6 nitrogen and oxygen atoms in total. The number of rotatable bonds is 5. The van der Waals surface area contributed by atoms with Crippen molar-refractivity contribution < 1.29 is 8.42 Å². The molecule has 0 bridgehead atoms. The van der Waals surface area contributed by atoms with E-state index < -0.39 is 10.0 Å². The monoisotopic (exact) mass is 294 g/mol. The maximum atomic E-state index is 12.1. The van der Waals surface area contributed by atoms with E-state index in [1.165, 1.54) is 6.07 Å². The van der Waals surface area contributed by atoms with Gasteiger partial charge in [0.05, 0.1) is 4.90 Å². The van der Waals surface area contributed by atoms with E-state index >= 15 is 0 Å². The first-order valence-electron chi connectivity index (χ1n) is 6.22. The number of anilines is 1. The Hall–Kier alpha value is -1.86. The van der Waals surface area contributed by atoms with Gasteiger partial charge in [-0.1, -0.05) is 6.07 Å². The molecule has 2 rings (SSSR count). The second kappa shape index (κ2) is 5.64. The van der Waals surface area contributed by atoms with Crippen LogP contribution in [0.25, 0.3) is 0 Å². The number of aromatic nitrogens is 2. The van der Waals surface area contributed by atoms with Crippen LogP contribution >= 0.6 is 0 Å². The lowest BCUT2D eigenvalue weighted by atomic mass is 10.2. The molecule has 0 fully saturated rings. The largest absolute Gasteiger partial charge is 0.398 e. The lowest BCUT2D eigenvalue weighted by Gasteiger charge is -2.08. The minimum absolute atomic E-state index is 0.181. The molecule has 2 aromatic rings. The van der Waals surface area contributed by atoms with Crippen LogP contribution in [0.5, 0.6) is 0 Å².